The van der Waals surface area contributed by atoms with Crippen LogP contribution >= 0.6 is 0 Å². The fraction of sp³-hybridized carbons (Fsp3) is 1.00. The molecule has 0 aromatic heterocycles. The number of ether oxygens (including phenoxy) is 2. The predicted octanol–water partition coefficient (Wildman–Crippen LogP) is 2.12. The van der Waals surface area contributed by atoms with Crippen molar-refractivity contribution < 1.29 is 14.6 Å². The van der Waals surface area contributed by atoms with Crippen LogP contribution < -0.4 is 0 Å². The average molecular weight is 240 g/mol. The molecular weight excluding hydrogens is 216 g/mol. The second-order valence-corrected chi connectivity index (χ2v) is 6.18. The first-order chi connectivity index (χ1) is 8.27. The molecule has 2 heterocycles. The van der Waals surface area contributed by atoms with Crippen LogP contribution in [0.25, 0.3) is 0 Å². The fourth-order valence-electron chi connectivity index (χ4n) is 3.36. The van der Waals surface area contributed by atoms with Crippen LogP contribution in [0, 0.1) is 11.8 Å². The van der Waals surface area contributed by atoms with E-state index >= 15 is 0 Å². The van der Waals surface area contributed by atoms with Gasteiger partial charge in [0.1, 0.15) is 0 Å². The fourth-order valence-corrected chi connectivity index (χ4v) is 3.36. The molecule has 0 aromatic carbocycles. The second kappa shape index (κ2) is 4.87. The van der Waals surface area contributed by atoms with E-state index in [2.05, 4.69) is 0 Å². The van der Waals surface area contributed by atoms with Gasteiger partial charge in [-0.15, -0.1) is 0 Å². The maximum atomic E-state index is 9.92. The first-order valence-electron chi connectivity index (χ1n) is 7.17. The Bertz CT molecular complexity index is 256. The van der Waals surface area contributed by atoms with Crippen LogP contribution in [0.4, 0.5) is 0 Å². The van der Waals surface area contributed by atoms with E-state index < -0.39 is 0 Å². The maximum Gasteiger partial charge on any atom is 0.0939 e. The minimum atomic E-state index is -0.0337. The molecule has 1 aliphatic carbocycles. The standard InChI is InChI=1S/C14H24O3/c15-13(12-2-3-12)4-1-11-5-7-17-14(9-11)6-8-16-10-14/h11-13,15H,1-10H2. The molecule has 17 heavy (non-hydrogen) atoms. The SMILES string of the molecule is OC(CCC1CCOC2(CCOC2)C1)C1CC1. The molecule has 3 rings (SSSR count). The minimum Gasteiger partial charge on any atom is -0.393 e. The Morgan fingerprint density at radius 1 is 1.24 bits per heavy atom. The van der Waals surface area contributed by atoms with Crippen LogP contribution in [0.5, 0.6) is 0 Å². The van der Waals surface area contributed by atoms with E-state index in [1.807, 2.05) is 0 Å². The zero-order valence-electron chi connectivity index (χ0n) is 10.6. The Hall–Kier alpha value is -0.120. The van der Waals surface area contributed by atoms with Crippen molar-refractivity contribution in [3.63, 3.8) is 0 Å². The van der Waals surface area contributed by atoms with Crippen LogP contribution in [-0.4, -0.2) is 36.6 Å². The summed E-state index contributed by atoms with van der Waals surface area (Å²) >= 11 is 0. The Morgan fingerprint density at radius 3 is 2.82 bits per heavy atom. The molecule has 3 unspecified atom stereocenters. The van der Waals surface area contributed by atoms with Crippen molar-refractivity contribution in [1.29, 1.82) is 0 Å². The highest BCUT2D eigenvalue weighted by atomic mass is 16.6. The number of rotatable bonds is 4. The molecule has 3 aliphatic rings. The Morgan fingerprint density at radius 2 is 2.12 bits per heavy atom. The van der Waals surface area contributed by atoms with Crippen molar-refractivity contribution in [1.82, 2.24) is 0 Å². The molecule has 1 saturated carbocycles. The van der Waals surface area contributed by atoms with Crippen LogP contribution in [0.1, 0.15) is 44.9 Å². The van der Waals surface area contributed by atoms with Gasteiger partial charge in [0.15, 0.2) is 0 Å². The summed E-state index contributed by atoms with van der Waals surface area (Å²) in [5.41, 5.74) is 0.0352. The van der Waals surface area contributed by atoms with Gasteiger partial charge in [-0.05, 0) is 50.4 Å². The summed E-state index contributed by atoms with van der Waals surface area (Å²) in [6, 6.07) is 0. The molecule has 0 radical (unpaired) electrons. The summed E-state index contributed by atoms with van der Waals surface area (Å²) in [5.74, 6) is 1.36. The average Bonchev–Trinajstić information content (AvgIpc) is 3.10. The molecule has 2 aliphatic heterocycles. The monoisotopic (exact) mass is 240 g/mol. The molecular formula is C14H24O3. The van der Waals surface area contributed by atoms with E-state index in [1.54, 1.807) is 0 Å². The van der Waals surface area contributed by atoms with Gasteiger partial charge in [0, 0.05) is 19.6 Å². The van der Waals surface area contributed by atoms with Gasteiger partial charge in [0.05, 0.1) is 18.3 Å². The number of aliphatic hydroxyl groups excluding tert-OH is 1. The Balaban J connectivity index is 1.46. The van der Waals surface area contributed by atoms with E-state index in [0.717, 1.165) is 45.0 Å². The zero-order chi connectivity index (χ0) is 11.7. The quantitative estimate of drug-likeness (QED) is 0.818. The number of aliphatic hydroxyl groups is 1. The smallest absolute Gasteiger partial charge is 0.0939 e. The van der Waals surface area contributed by atoms with E-state index in [4.69, 9.17) is 9.47 Å². The Kier molecular flexibility index (Phi) is 3.42. The highest BCUT2D eigenvalue weighted by Crippen LogP contribution is 2.39. The third-order valence-electron chi connectivity index (χ3n) is 4.70. The van der Waals surface area contributed by atoms with E-state index in [1.165, 1.54) is 25.7 Å². The van der Waals surface area contributed by atoms with Crippen LogP contribution in [0.3, 0.4) is 0 Å². The van der Waals surface area contributed by atoms with Crippen molar-refractivity contribution in [2.75, 3.05) is 19.8 Å². The lowest BCUT2D eigenvalue weighted by Gasteiger charge is -2.37. The van der Waals surface area contributed by atoms with Crippen molar-refractivity contribution in [3.05, 3.63) is 0 Å². The van der Waals surface area contributed by atoms with Gasteiger partial charge in [0.25, 0.3) is 0 Å². The molecule has 3 heteroatoms. The first kappa shape index (κ1) is 11.9. The third kappa shape index (κ3) is 2.83. The zero-order valence-corrected chi connectivity index (χ0v) is 10.6. The number of hydrogen-bond acceptors (Lipinski definition) is 3. The second-order valence-electron chi connectivity index (χ2n) is 6.18. The van der Waals surface area contributed by atoms with Gasteiger partial charge in [-0.3, -0.25) is 0 Å². The first-order valence-corrected chi connectivity index (χ1v) is 7.17. The van der Waals surface area contributed by atoms with Gasteiger partial charge in [-0.2, -0.15) is 0 Å². The van der Waals surface area contributed by atoms with Crippen LogP contribution in [0.2, 0.25) is 0 Å². The van der Waals surface area contributed by atoms with E-state index in [9.17, 15) is 5.11 Å². The molecule has 2 saturated heterocycles. The largest absolute Gasteiger partial charge is 0.393 e. The lowest BCUT2D eigenvalue weighted by Crippen LogP contribution is -2.40. The van der Waals surface area contributed by atoms with Crippen molar-refractivity contribution in [2.24, 2.45) is 11.8 Å². The summed E-state index contributed by atoms with van der Waals surface area (Å²) in [7, 11) is 0. The molecule has 0 bridgehead atoms. The minimum absolute atomic E-state index is 0.0337. The van der Waals surface area contributed by atoms with Crippen molar-refractivity contribution in [3.8, 4) is 0 Å². The van der Waals surface area contributed by atoms with Gasteiger partial charge in [-0.1, -0.05) is 0 Å². The summed E-state index contributed by atoms with van der Waals surface area (Å²) < 4.78 is 11.4. The Labute approximate surface area is 103 Å². The highest BCUT2D eigenvalue weighted by Gasteiger charge is 2.41. The molecule has 98 valence electrons. The van der Waals surface area contributed by atoms with Gasteiger partial charge >= 0.3 is 0 Å². The van der Waals surface area contributed by atoms with E-state index in [-0.39, 0.29) is 11.7 Å². The molecule has 0 aromatic rings. The maximum absolute atomic E-state index is 9.92. The van der Waals surface area contributed by atoms with Crippen molar-refractivity contribution >= 4 is 0 Å². The normalized spacial score (nSPS) is 39.7. The van der Waals surface area contributed by atoms with Crippen LogP contribution in [0.15, 0.2) is 0 Å². The molecule has 3 fully saturated rings. The predicted molar refractivity (Wildman–Crippen MR) is 64.8 cm³/mol. The molecule has 3 nitrogen and oxygen atoms in total. The van der Waals surface area contributed by atoms with Crippen LogP contribution in [-0.2, 0) is 9.47 Å². The lowest BCUT2D eigenvalue weighted by atomic mass is 9.82. The molecule has 3 atom stereocenters. The topological polar surface area (TPSA) is 38.7 Å². The highest BCUT2D eigenvalue weighted by molar-refractivity contribution is 4.91. The van der Waals surface area contributed by atoms with Gasteiger partial charge in [-0.25, -0.2) is 0 Å². The van der Waals surface area contributed by atoms with Crippen molar-refractivity contribution in [2.45, 2.75) is 56.7 Å². The van der Waals surface area contributed by atoms with E-state index in [0.29, 0.717) is 5.92 Å². The van der Waals surface area contributed by atoms with Gasteiger partial charge < -0.3 is 14.6 Å². The molecule has 1 spiro atoms. The third-order valence-corrected chi connectivity index (χ3v) is 4.70. The summed E-state index contributed by atoms with van der Waals surface area (Å²) in [6.07, 6.45) is 7.99. The summed E-state index contributed by atoms with van der Waals surface area (Å²) in [5, 5.41) is 9.92. The molecule has 0 amide bonds. The van der Waals surface area contributed by atoms with Gasteiger partial charge in [0.2, 0.25) is 0 Å². The lowest BCUT2D eigenvalue weighted by molar-refractivity contribution is -0.100. The number of hydrogen-bond donors (Lipinski definition) is 1. The molecule has 1 N–H and O–H groups in total. The summed E-state index contributed by atoms with van der Waals surface area (Å²) in [4.78, 5) is 0. The summed E-state index contributed by atoms with van der Waals surface area (Å²) in [6.45, 7) is 2.53.